The number of aromatic nitrogens is 2. The maximum absolute atomic E-state index is 6.11. The van der Waals surface area contributed by atoms with Crippen molar-refractivity contribution in [3.63, 3.8) is 0 Å². The lowest BCUT2D eigenvalue weighted by atomic mass is 9.78. The van der Waals surface area contributed by atoms with Gasteiger partial charge in [-0.05, 0) is 38.7 Å². The van der Waals surface area contributed by atoms with Crippen molar-refractivity contribution in [3.05, 3.63) is 36.2 Å². The summed E-state index contributed by atoms with van der Waals surface area (Å²) < 4.78 is 19.8. The Bertz CT molecular complexity index is 736. The quantitative estimate of drug-likeness (QED) is 0.795. The van der Waals surface area contributed by atoms with Gasteiger partial charge in [-0.3, -0.25) is 4.68 Å². The highest BCUT2D eigenvalue weighted by atomic mass is 16.7. The van der Waals surface area contributed by atoms with Crippen LogP contribution in [-0.2, 0) is 27.2 Å². The SMILES string of the molecule is CC1(C)OB(c2ccc(-c3cnn4c3COCC4)cc2)OC1(C)C. The van der Waals surface area contributed by atoms with E-state index in [1.807, 2.05) is 10.9 Å². The number of ether oxygens (including phenoxy) is 1. The minimum atomic E-state index is -0.325. The van der Waals surface area contributed by atoms with Crippen LogP contribution in [0.25, 0.3) is 11.1 Å². The summed E-state index contributed by atoms with van der Waals surface area (Å²) in [6.07, 6.45) is 1.92. The normalized spacial score (nSPS) is 21.8. The molecule has 0 saturated carbocycles. The number of fused-ring (bicyclic) bond motifs is 1. The first-order valence-electron chi connectivity index (χ1n) is 8.46. The molecule has 3 heterocycles. The van der Waals surface area contributed by atoms with Gasteiger partial charge >= 0.3 is 7.12 Å². The standard InChI is InChI=1S/C18H23BN2O3/c1-17(2)18(3,4)24-19(23-17)14-7-5-13(6-8-14)15-11-20-21-9-10-22-12-16(15)21/h5-8,11H,9-10,12H2,1-4H3. The lowest BCUT2D eigenvalue weighted by Crippen LogP contribution is -2.41. The van der Waals surface area contributed by atoms with Crippen LogP contribution in [0.2, 0.25) is 0 Å². The highest BCUT2D eigenvalue weighted by molar-refractivity contribution is 6.62. The third kappa shape index (κ3) is 2.49. The Kier molecular flexibility index (Phi) is 3.60. The molecule has 0 bridgehead atoms. The Morgan fingerprint density at radius 1 is 1.04 bits per heavy atom. The van der Waals surface area contributed by atoms with Crippen LogP contribution in [0.3, 0.4) is 0 Å². The molecule has 1 saturated heterocycles. The molecule has 0 spiro atoms. The van der Waals surface area contributed by atoms with E-state index in [4.69, 9.17) is 14.0 Å². The molecule has 2 aliphatic rings. The van der Waals surface area contributed by atoms with E-state index >= 15 is 0 Å². The van der Waals surface area contributed by atoms with Gasteiger partial charge in [0.1, 0.15) is 0 Å². The molecular formula is C18H23BN2O3. The molecule has 0 atom stereocenters. The summed E-state index contributed by atoms with van der Waals surface area (Å²) in [6.45, 7) is 10.5. The van der Waals surface area contributed by atoms with Crippen molar-refractivity contribution in [1.82, 2.24) is 9.78 Å². The minimum absolute atomic E-state index is 0.320. The van der Waals surface area contributed by atoms with Gasteiger partial charge in [0, 0.05) is 5.56 Å². The molecule has 0 unspecified atom stereocenters. The van der Waals surface area contributed by atoms with E-state index in [1.54, 1.807) is 0 Å². The van der Waals surface area contributed by atoms with Crippen LogP contribution >= 0.6 is 0 Å². The Labute approximate surface area is 143 Å². The molecule has 4 rings (SSSR count). The molecule has 5 nitrogen and oxygen atoms in total. The van der Waals surface area contributed by atoms with E-state index in [-0.39, 0.29) is 18.3 Å². The summed E-state index contributed by atoms with van der Waals surface area (Å²) in [5.74, 6) is 0. The summed E-state index contributed by atoms with van der Waals surface area (Å²) >= 11 is 0. The topological polar surface area (TPSA) is 45.5 Å². The zero-order valence-electron chi connectivity index (χ0n) is 14.7. The lowest BCUT2D eigenvalue weighted by Gasteiger charge is -2.32. The van der Waals surface area contributed by atoms with E-state index in [1.165, 1.54) is 0 Å². The number of hydrogen-bond donors (Lipinski definition) is 0. The summed E-state index contributed by atoms with van der Waals surface area (Å²) in [4.78, 5) is 0. The summed E-state index contributed by atoms with van der Waals surface area (Å²) in [6, 6.07) is 8.36. The first-order valence-corrected chi connectivity index (χ1v) is 8.46. The number of rotatable bonds is 2. The fourth-order valence-corrected chi connectivity index (χ4v) is 3.12. The second-order valence-corrected chi connectivity index (χ2v) is 7.49. The van der Waals surface area contributed by atoms with Crippen molar-refractivity contribution in [2.24, 2.45) is 0 Å². The average Bonchev–Trinajstić information content (AvgIpc) is 3.06. The molecule has 0 amide bonds. The van der Waals surface area contributed by atoms with Crippen molar-refractivity contribution < 1.29 is 14.0 Å². The third-order valence-corrected chi connectivity index (χ3v) is 5.38. The molecular weight excluding hydrogens is 303 g/mol. The molecule has 1 aromatic carbocycles. The molecule has 2 aliphatic heterocycles. The maximum atomic E-state index is 6.11. The Morgan fingerprint density at radius 2 is 1.71 bits per heavy atom. The van der Waals surface area contributed by atoms with Gasteiger partial charge < -0.3 is 14.0 Å². The molecule has 1 aromatic heterocycles. The van der Waals surface area contributed by atoms with Crippen LogP contribution in [-0.4, -0.2) is 34.7 Å². The van der Waals surface area contributed by atoms with E-state index in [9.17, 15) is 0 Å². The van der Waals surface area contributed by atoms with Crippen LogP contribution in [0.4, 0.5) is 0 Å². The van der Waals surface area contributed by atoms with Crippen LogP contribution in [0.5, 0.6) is 0 Å². The zero-order valence-corrected chi connectivity index (χ0v) is 14.7. The van der Waals surface area contributed by atoms with Crippen molar-refractivity contribution in [2.75, 3.05) is 6.61 Å². The van der Waals surface area contributed by atoms with Gasteiger partial charge in [-0.2, -0.15) is 5.10 Å². The van der Waals surface area contributed by atoms with E-state index in [0.29, 0.717) is 6.61 Å². The highest BCUT2D eigenvalue weighted by Gasteiger charge is 2.51. The van der Waals surface area contributed by atoms with Crippen LogP contribution in [0.15, 0.2) is 30.5 Å². The molecule has 0 radical (unpaired) electrons. The molecule has 126 valence electrons. The monoisotopic (exact) mass is 326 g/mol. The molecule has 6 heteroatoms. The Hall–Kier alpha value is -1.63. The van der Waals surface area contributed by atoms with Gasteiger partial charge in [0.15, 0.2) is 0 Å². The first-order chi connectivity index (χ1) is 11.4. The van der Waals surface area contributed by atoms with Crippen molar-refractivity contribution in [2.45, 2.75) is 52.0 Å². The molecule has 2 aromatic rings. The Morgan fingerprint density at radius 3 is 2.38 bits per heavy atom. The van der Waals surface area contributed by atoms with Crippen LogP contribution in [0.1, 0.15) is 33.4 Å². The summed E-state index contributed by atoms with van der Waals surface area (Å²) in [5, 5.41) is 4.46. The van der Waals surface area contributed by atoms with E-state index in [0.717, 1.165) is 35.4 Å². The van der Waals surface area contributed by atoms with Crippen LogP contribution < -0.4 is 5.46 Å². The van der Waals surface area contributed by atoms with Crippen molar-refractivity contribution in [1.29, 1.82) is 0 Å². The predicted octanol–water partition coefficient (Wildman–Crippen LogP) is 2.38. The number of nitrogens with zero attached hydrogens (tertiary/aromatic N) is 2. The minimum Gasteiger partial charge on any atom is -0.399 e. The summed E-state index contributed by atoms with van der Waals surface area (Å²) in [7, 11) is -0.325. The highest BCUT2D eigenvalue weighted by Crippen LogP contribution is 2.36. The fourth-order valence-electron chi connectivity index (χ4n) is 3.12. The Balaban J connectivity index is 1.59. The van der Waals surface area contributed by atoms with Gasteiger partial charge in [-0.15, -0.1) is 0 Å². The average molecular weight is 326 g/mol. The molecule has 0 aliphatic carbocycles. The molecule has 24 heavy (non-hydrogen) atoms. The molecule has 0 N–H and O–H groups in total. The van der Waals surface area contributed by atoms with E-state index < -0.39 is 0 Å². The van der Waals surface area contributed by atoms with Gasteiger partial charge in [-0.1, -0.05) is 24.3 Å². The molecule has 1 fully saturated rings. The fraction of sp³-hybridized carbons (Fsp3) is 0.500. The van der Waals surface area contributed by atoms with Gasteiger partial charge in [0.05, 0.1) is 42.9 Å². The lowest BCUT2D eigenvalue weighted by molar-refractivity contribution is 0.00578. The largest absolute Gasteiger partial charge is 0.494 e. The number of benzene rings is 1. The smallest absolute Gasteiger partial charge is 0.399 e. The first kappa shape index (κ1) is 15.9. The van der Waals surface area contributed by atoms with Crippen molar-refractivity contribution in [3.8, 4) is 11.1 Å². The second-order valence-electron chi connectivity index (χ2n) is 7.49. The maximum Gasteiger partial charge on any atom is 0.494 e. The van der Waals surface area contributed by atoms with Crippen molar-refractivity contribution >= 4 is 12.6 Å². The van der Waals surface area contributed by atoms with Gasteiger partial charge in [0.25, 0.3) is 0 Å². The van der Waals surface area contributed by atoms with E-state index in [2.05, 4.69) is 57.1 Å². The number of hydrogen-bond acceptors (Lipinski definition) is 4. The van der Waals surface area contributed by atoms with Gasteiger partial charge in [0.2, 0.25) is 0 Å². The third-order valence-electron chi connectivity index (χ3n) is 5.38. The summed E-state index contributed by atoms with van der Waals surface area (Å²) in [5.41, 5.74) is 3.81. The second kappa shape index (κ2) is 5.44. The zero-order chi connectivity index (χ0) is 16.9. The van der Waals surface area contributed by atoms with Crippen LogP contribution in [0, 0.1) is 0 Å². The van der Waals surface area contributed by atoms with Gasteiger partial charge in [-0.25, -0.2) is 0 Å². The predicted molar refractivity (Wildman–Crippen MR) is 93.0 cm³/mol.